The first-order valence-corrected chi connectivity index (χ1v) is 10.0. The summed E-state index contributed by atoms with van der Waals surface area (Å²) in [6.07, 6.45) is 0.314. The molecule has 0 aliphatic rings. The summed E-state index contributed by atoms with van der Waals surface area (Å²) in [5, 5.41) is 8.08. The Hall–Kier alpha value is -3.35. The van der Waals surface area contributed by atoms with E-state index in [4.69, 9.17) is 4.74 Å². The Morgan fingerprint density at radius 2 is 1.60 bits per heavy atom. The van der Waals surface area contributed by atoms with Crippen LogP contribution in [0.1, 0.15) is 38.8 Å². The first-order chi connectivity index (χ1) is 14.4. The van der Waals surface area contributed by atoms with Gasteiger partial charge in [-0.25, -0.2) is 0 Å². The third-order valence-corrected chi connectivity index (χ3v) is 4.17. The number of nitrogens with one attached hydrogen (secondary N) is 3. The van der Waals surface area contributed by atoms with E-state index in [9.17, 15) is 14.4 Å². The molecule has 0 heterocycles. The second kappa shape index (κ2) is 11.6. The lowest BCUT2D eigenvalue weighted by molar-refractivity contribution is -0.130. The summed E-state index contributed by atoms with van der Waals surface area (Å²) < 4.78 is 5.36. The Balaban J connectivity index is 1.95. The van der Waals surface area contributed by atoms with Gasteiger partial charge in [-0.2, -0.15) is 0 Å². The van der Waals surface area contributed by atoms with Gasteiger partial charge in [0.05, 0.1) is 13.2 Å². The number of hydrogen-bond acceptors (Lipinski definition) is 4. The van der Waals surface area contributed by atoms with Gasteiger partial charge >= 0.3 is 0 Å². The third-order valence-electron chi connectivity index (χ3n) is 4.17. The maximum atomic E-state index is 12.7. The van der Waals surface area contributed by atoms with Gasteiger partial charge in [-0.1, -0.05) is 44.2 Å². The molecule has 0 saturated carbocycles. The van der Waals surface area contributed by atoms with E-state index in [2.05, 4.69) is 16.0 Å². The fourth-order valence-corrected chi connectivity index (χ4v) is 2.81. The standard InChI is InChI=1S/C23H29N3O4/c1-4-30-19-12-10-18(11-13-19)25-21(28)15-24-23(29)22(17-8-6-5-7-9-17)26-20(27)14-16(2)3/h5-13,16,22H,4,14-15H2,1-3H3,(H,24,29)(H,25,28)(H,26,27). The minimum atomic E-state index is -0.865. The van der Waals surface area contributed by atoms with E-state index in [1.807, 2.05) is 26.8 Å². The van der Waals surface area contributed by atoms with Gasteiger partial charge in [0.2, 0.25) is 17.7 Å². The topological polar surface area (TPSA) is 96.5 Å². The first-order valence-electron chi connectivity index (χ1n) is 10.0. The highest BCUT2D eigenvalue weighted by atomic mass is 16.5. The molecule has 0 aliphatic carbocycles. The molecule has 160 valence electrons. The molecule has 2 rings (SSSR count). The van der Waals surface area contributed by atoms with Crippen LogP contribution in [0, 0.1) is 5.92 Å². The van der Waals surface area contributed by atoms with Crippen molar-refractivity contribution in [2.45, 2.75) is 33.2 Å². The average Bonchev–Trinajstić information content (AvgIpc) is 2.72. The molecule has 3 N–H and O–H groups in total. The number of anilines is 1. The van der Waals surface area contributed by atoms with Gasteiger partial charge in [0.1, 0.15) is 11.8 Å². The molecule has 30 heavy (non-hydrogen) atoms. The Morgan fingerprint density at radius 3 is 2.20 bits per heavy atom. The van der Waals surface area contributed by atoms with Crippen LogP contribution in [-0.2, 0) is 14.4 Å². The van der Waals surface area contributed by atoms with Crippen LogP contribution < -0.4 is 20.7 Å². The minimum absolute atomic E-state index is 0.171. The van der Waals surface area contributed by atoms with Crippen LogP contribution in [0.2, 0.25) is 0 Å². The Kier molecular flexibility index (Phi) is 8.87. The Morgan fingerprint density at radius 1 is 0.933 bits per heavy atom. The summed E-state index contributed by atoms with van der Waals surface area (Å²) >= 11 is 0. The molecule has 0 aliphatic heterocycles. The van der Waals surface area contributed by atoms with Crippen molar-refractivity contribution >= 4 is 23.4 Å². The number of amides is 3. The predicted molar refractivity (Wildman–Crippen MR) is 116 cm³/mol. The smallest absolute Gasteiger partial charge is 0.247 e. The highest BCUT2D eigenvalue weighted by Crippen LogP contribution is 2.16. The summed E-state index contributed by atoms with van der Waals surface area (Å²) in [5.74, 6) is -0.142. The summed E-state index contributed by atoms with van der Waals surface area (Å²) in [6.45, 7) is 6.11. The van der Waals surface area contributed by atoms with Crippen LogP contribution in [0.3, 0.4) is 0 Å². The van der Waals surface area contributed by atoms with Crippen LogP contribution in [0.4, 0.5) is 5.69 Å². The van der Waals surface area contributed by atoms with Gasteiger partial charge in [0.25, 0.3) is 0 Å². The van der Waals surface area contributed by atoms with E-state index in [1.54, 1.807) is 48.5 Å². The van der Waals surface area contributed by atoms with Crippen molar-refractivity contribution in [1.82, 2.24) is 10.6 Å². The van der Waals surface area contributed by atoms with Crippen molar-refractivity contribution in [3.63, 3.8) is 0 Å². The normalized spacial score (nSPS) is 11.5. The number of carbonyl (C=O) groups excluding carboxylic acids is 3. The van der Waals surface area contributed by atoms with Gasteiger partial charge in [0.15, 0.2) is 0 Å². The maximum Gasteiger partial charge on any atom is 0.247 e. The van der Waals surface area contributed by atoms with Crippen molar-refractivity contribution < 1.29 is 19.1 Å². The SMILES string of the molecule is CCOc1ccc(NC(=O)CNC(=O)C(NC(=O)CC(C)C)c2ccccc2)cc1. The molecule has 0 spiro atoms. The number of benzene rings is 2. The number of hydrogen-bond donors (Lipinski definition) is 3. The molecule has 0 bridgehead atoms. The summed E-state index contributed by atoms with van der Waals surface area (Å²) in [5.41, 5.74) is 1.25. The molecule has 0 aromatic heterocycles. The van der Waals surface area contributed by atoms with Gasteiger partial charge in [-0.3, -0.25) is 14.4 Å². The van der Waals surface area contributed by atoms with E-state index in [0.29, 0.717) is 30.0 Å². The zero-order valence-corrected chi connectivity index (χ0v) is 17.6. The van der Waals surface area contributed by atoms with E-state index in [-0.39, 0.29) is 24.3 Å². The number of carbonyl (C=O) groups is 3. The van der Waals surface area contributed by atoms with Crippen LogP contribution in [0.25, 0.3) is 0 Å². The molecule has 3 amide bonds. The van der Waals surface area contributed by atoms with E-state index >= 15 is 0 Å². The molecular weight excluding hydrogens is 382 g/mol. The summed E-state index contributed by atoms with van der Waals surface area (Å²) in [7, 11) is 0. The van der Waals surface area contributed by atoms with Crippen molar-refractivity contribution in [3.8, 4) is 5.75 Å². The van der Waals surface area contributed by atoms with Crippen molar-refractivity contribution in [3.05, 3.63) is 60.2 Å². The second-order valence-electron chi connectivity index (χ2n) is 7.23. The Bertz CT molecular complexity index is 835. The molecule has 0 radical (unpaired) electrons. The third kappa shape index (κ3) is 7.58. The van der Waals surface area contributed by atoms with Gasteiger partial charge in [-0.05, 0) is 42.7 Å². The monoisotopic (exact) mass is 411 g/mol. The molecule has 2 aromatic rings. The zero-order valence-electron chi connectivity index (χ0n) is 17.6. The lowest BCUT2D eigenvalue weighted by atomic mass is 10.0. The molecule has 0 saturated heterocycles. The molecule has 1 unspecified atom stereocenters. The quantitative estimate of drug-likeness (QED) is 0.560. The lowest BCUT2D eigenvalue weighted by Gasteiger charge is -2.19. The summed E-state index contributed by atoms with van der Waals surface area (Å²) in [6, 6.07) is 15.0. The zero-order chi connectivity index (χ0) is 21.9. The Labute approximate surface area is 177 Å². The first kappa shape index (κ1) is 22.9. The number of ether oxygens (including phenoxy) is 1. The van der Waals surface area contributed by atoms with Gasteiger partial charge in [-0.15, -0.1) is 0 Å². The van der Waals surface area contributed by atoms with Crippen molar-refractivity contribution in [2.24, 2.45) is 5.92 Å². The molecule has 2 aromatic carbocycles. The largest absolute Gasteiger partial charge is 0.494 e. The van der Waals surface area contributed by atoms with E-state index < -0.39 is 11.9 Å². The summed E-state index contributed by atoms with van der Waals surface area (Å²) in [4.78, 5) is 37.1. The van der Waals surface area contributed by atoms with Crippen LogP contribution in [0.15, 0.2) is 54.6 Å². The van der Waals surface area contributed by atoms with Gasteiger partial charge in [0, 0.05) is 12.1 Å². The fraction of sp³-hybridized carbons (Fsp3) is 0.348. The molecule has 7 heteroatoms. The van der Waals surface area contributed by atoms with Gasteiger partial charge < -0.3 is 20.7 Å². The predicted octanol–water partition coefficient (Wildman–Crippen LogP) is 3.04. The molecular formula is C23H29N3O4. The highest BCUT2D eigenvalue weighted by molar-refractivity contribution is 5.96. The maximum absolute atomic E-state index is 12.7. The minimum Gasteiger partial charge on any atom is -0.494 e. The van der Waals surface area contributed by atoms with Crippen LogP contribution in [-0.4, -0.2) is 30.9 Å². The highest BCUT2D eigenvalue weighted by Gasteiger charge is 2.23. The van der Waals surface area contributed by atoms with E-state index in [1.165, 1.54) is 0 Å². The molecule has 7 nitrogen and oxygen atoms in total. The lowest BCUT2D eigenvalue weighted by Crippen LogP contribution is -2.43. The average molecular weight is 412 g/mol. The number of rotatable bonds is 10. The second-order valence-corrected chi connectivity index (χ2v) is 7.23. The van der Waals surface area contributed by atoms with Crippen LogP contribution >= 0.6 is 0 Å². The van der Waals surface area contributed by atoms with Crippen molar-refractivity contribution in [2.75, 3.05) is 18.5 Å². The molecule has 1 atom stereocenters. The molecule has 0 fully saturated rings. The fourth-order valence-electron chi connectivity index (χ4n) is 2.81. The van der Waals surface area contributed by atoms with Crippen LogP contribution in [0.5, 0.6) is 5.75 Å². The van der Waals surface area contributed by atoms with Crippen molar-refractivity contribution in [1.29, 1.82) is 0 Å². The van der Waals surface area contributed by atoms with E-state index in [0.717, 1.165) is 0 Å².